The van der Waals surface area contributed by atoms with Crippen LogP contribution in [0.3, 0.4) is 0 Å². The Morgan fingerprint density at radius 2 is 2.14 bits per heavy atom. The van der Waals surface area contributed by atoms with Crippen LogP contribution in [0.5, 0.6) is 0 Å². The quantitative estimate of drug-likeness (QED) is 0.773. The first-order valence-electron chi connectivity index (χ1n) is 4.01. The predicted molar refractivity (Wildman–Crippen MR) is 55.0 cm³/mol. The Kier molecular flexibility index (Phi) is 3.07. The highest BCUT2D eigenvalue weighted by atomic mass is 32.2. The highest BCUT2D eigenvalue weighted by Crippen LogP contribution is 2.06. The molecule has 5 nitrogen and oxygen atoms in total. The highest BCUT2D eigenvalue weighted by molar-refractivity contribution is 7.88. The number of rotatable bonds is 3. The molecule has 6 heteroatoms. The van der Waals surface area contributed by atoms with E-state index in [0.717, 1.165) is 11.8 Å². The maximum Gasteiger partial charge on any atom is 0.211 e. The molecule has 0 saturated carbocycles. The van der Waals surface area contributed by atoms with E-state index in [1.54, 1.807) is 18.3 Å². The van der Waals surface area contributed by atoms with Crippen LogP contribution in [0.15, 0.2) is 18.3 Å². The molecule has 0 aliphatic heterocycles. The molecular weight excluding hydrogens is 202 g/mol. The van der Waals surface area contributed by atoms with Crippen molar-refractivity contribution in [3.05, 3.63) is 23.9 Å². The fraction of sp³-hybridized carbons (Fsp3) is 0.375. The fourth-order valence-electron chi connectivity index (χ4n) is 0.904. The van der Waals surface area contributed by atoms with E-state index in [1.165, 1.54) is 11.4 Å². The summed E-state index contributed by atoms with van der Waals surface area (Å²) in [4.78, 5) is 3.87. The molecule has 1 heterocycles. The molecule has 0 fully saturated rings. The third kappa shape index (κ3) is 2.97. The molecule has 0 saturated heterocycles. The molecule has 1 aromatic heterocycles. The van der Waals surface area contributed by atoms with Crippen LogP contribution in [0.25, 0.3) is 0 Å². The lowest BCUT2D eigenvalue weighted by molar-refractivity contribution is 0.472. The Balaban J connectivity index is 2.75. The van der Waals surface area contributed by atoms with Crippen molar-refractivity contribution in [1.29, 1.82) is 0 Å². The van der Waals surface area contributed by atoms with E-state index in [0.29, 0.717) is 12.4 Å². The molecule has 0 amide bonds. The number of nitrogens with zero attached hydrogens (tertiary/aromatic N) is 2. The molecule has 0 unspecified atom stereocenters. The molecule has 0 aliphatic carbocycles. The smallest absolute Gasteiger partial charge is 0.211 e. The maximum absolute atomic E-state index is 11.1. The molecule has 0 atom stereocenters. The van der Waals surface area contributed by atoms with Crippen LogP contribution in [-0.2, 0) is 16.6 Å². The van der Waals surface area contributed by atoms with Crippen molar-refractivity contribution < 1.29 is 8.42 Å². The summed E-state index contributed by atoms with van der Waals surface area (Å²) < 4.78 is 23.4. The number of sulfonamides is 1. The van der Waals surface area contributed by atoms with Crippen LogP contribution < -0.4 is 5.73 Å². The van der Waals surface area contributed by atoms with Crippen LogP contribution >= 0.6 is 0 Å². The van der Waals surface area contributed by atoms with Gasteiger partial charge in [-0.3, -0.25) is 0 Å². The highest BCUT2D eigenvalue weighted by Gasteiger charge is 2.10. The summed E-state index contributed by atoms with van der Waals surface area (Å²) in [6.07, 6.45) is 2.73. The number of nitrogen functional groups attached to an aromatic ring is 1. The molecule has 0 bridgehead atoms. The Hall–Kier alpha value is -1.14. The second-order valence-electron chi connectivity index (χ2n) is 3.11. The Bertz CT molecular complexity index is 399. The second-order valence-corrected chi connectivity index (χ2v) is 5.20. The summed E-state index contributed by atoms with van der Waals surface area (Å²) >= 11 is 0. The van der Waals surface area contributed by atoms with Crippen molar-refractivity contribution in [3.63, 3.8) is 0 Å². The number of anilines is 1. The van der Waals surface area contributed by atoms with E-state index in [9.17, 15) is 8.42 Å². The molecule has 0 spiro atoms. The van der Waals surface area contributed by atoms with Gasteiger partial charge in [-0.15, -0.1) is 0 Å². The first kappa shape index (κ1) is 10.9. The maximum atomic E-state index is 11.1. The predicted octanol–water partition coefficient (Wildman–Crippen LogP) is 0.0552. The molecule has 1 aromatic rings. The van der Waals surface area contributed by atoms with Crippen molar-refractivity contribution in [1.82, 2.24) is 9.29 Å². The van der Waals surface area contributed by atoms with Crippen LogP contribution in [0.2, 0.25) is 0 Å². The van der Waals surface area contributed by atoms with E-state index in [4.69, 9.17) is 5.73 Å². The SMILES string of the molecule is CN(Cc1ccc(N)nc1)S(C)(=O)=O. The normalized spacial score (nSPS) is 11.9. The van der Waals surface area contributed by atoms with Gasteiger partial charge in [-0.2, -0.15) is 0 Å². The topological polar surface area (TPSA) is 76.3 Å². The van der Waals surface area contributed by atoms with E-state index in [-0.39, 0.29) is 0 Å². The summed E-state index contributed by atoms with van der Waals surface area (Å²) in [7, 11) is -1.62. The average molecular weight is 215 g/mol. The van der Waals surface area contributed by atoms with Gasteiger partial charge in [0.05, 0.1) is 6.26 Å². The summed E-state index contributed by atoms with van der Waals surface area (Å²) in [5, 5.41) is 0. The molecule has 14 heavy (non-hydrogen) atoms. The third-order valence-electron chi connectivity index (χ3n) is 1.82. The second kappa shape index (κ2) is 3.93. The monoisotopic (exact) mass is 215 g/mol. The van der Waals surface area contributed by atoms with Crippen molar-refractivity contribution in [2.45, 2.75) is 6.54 Å². The minimum atomic E-state index is -3.14. The van der Waals surface area contributed by atoms with Gasteiger partial charge in [0.25, 0.3) is 0 Å². The molecule has 0 aliphatic rings. The van der Waals surface area contributed by atoms with Crippen molar-refractivity contribution in [2.24, 2.45) is 0 Å². The van der Waals surface area contributed by atoms with Gasteiger partial charge in [-0.25, -0.2) is 17.7 Å². The minimum Gasteiger partial charge on any atom is -0.384 e. The summed E-state index contributed by atoms with van der Waals surface area (Å²) in [5.74, 6) is 0.427. The first-order valence-corrected chi connectivity index (χ1v) is 5.86. The van der Waals surface area contributed by atoms with Crippen LogP contribution in [0, 0.1) is 0 Å². The average Bonchev–Trinajstić information content (AvgIpc) is 2.07. The number of aromatic nitrogens is 1. The van der Waals surface area contributed by atoms with E-state index >= 15 is 0 Å². The fourth-order valence-corrected chi connectivity index (χ4v) is 1.29. The van der Waals surface area contributed by atoms with Crippen molar-refractivity contribution in [2.75, 3.05) is 19.0 Å². The Morgan fingerprint density at radius 3 is 2.57 bits per heavy atom. The van der Waals surface area contributed by atoms with Gasteiger partial charge in [0.15, 0.2) is 0 Å². The number of hydrogen-bond acceptors (Lipinski definition) is 4. The van der Waals surface area contributed by atoms with Gasteiger partial charge in [0.2, 0.25) is 10.0 Å². The minimum absolute atomic E-state index is 0.312. The van der Waals surface area contributed by atoms with Gasteiger partial charge in [-0.05, 0) is 11.6 Å². The lowest BCUT2D eigenvalue weighted by Crippen LogP contribution is -2.24. The lowest BCUT2D eigenvalue weighted by atomic mass is 10.3. The number of nitrogens with two attached hydrogens (primary N) is 1. The van der Waals surface area contributed by atoms with Gasteiger partial charge in [-0.1, -0.05) is 6.07 Å². The standard InChI is InChI=1S/C8H13N3O2S/c1-11(14(2,12)13)6-7-3-4-8(9)10-5-7/h3-5H,6H2,1-2H3,(H2,9,10). The Morgan fingerprint density at radius 1 is 1.50 bits per heavy atom. The number of hydrogen-bond donors (Lipinski definition) is 1. The zero-order chi connectivity index (χ0) is 10.8. The first-order chi connectivity index (χ1) is 6.39. The van der Waals surface area contributed by atoms with Gasteiger partial charge in [0.1, 0.15) is 5.82 Å². The van der Waals surface area contributed by atoms with Crippen LogP contribution in [0.1, 0.15) is 5.56 Å². The van der Waals surface area contributed by atoms with Crippen molar-refractivity contribution >= 4 is 15.8 Å². The zero-order valence-electron chi connectivity index (χ0n) is 8.14. The zero-order valence-corrected chi connectivity index (χ0v) is 8.95. The van der Waals surface area contributed by atoms with Gasteiger partial charge < -0.3 is 5.73 Å². The summed E-state index contributed by atoms with van der Waals surface area (Å²) in [5.41, 5.74) is 6.21. The molecule has 78 valence electrons. The van der Waals surface area contributed by atoms with E-state index in [2.05, 4.69) is 4.98 Å². The van der Waals surface area contributed by atoms with E-state index < -0.39 is 10.0 Å². The molecule has 0 aromatic carbocycles. The van der Waals surface area contributed by atoms with Crippen LogP contribution in [0.4, 0.5) is 5.82 Å². The molecule has 2 N–H and O–H groups in total. The molecular formula is C8H13N3O2S. The molecule has 1 rings (SSSR count). The van der Waals surface area contributed by atoms with Crippen molar-refractivity contribution in [3.8, 4) is 0 Å². The Labute approximate surface area is 83.6 Å². The largest absolute Gasteiger partial charge is 0.384 e. The summed E-state index contributed by atoms with van der Waals surface area (Å²) in [6.45, 7) is 0.312. The lowest BCUT2D eigenvalue weighted by Gasteiger charge is -2.13. The van der Waals surface area contributed by atoms with Crippen LogP contribution in [-0.4, -0.2) is 31.0 Å². The number of pyridine rings is 1. The van der Waals surface area contributed by atoms with Gasteiger partial charge >= 0.3 is 0 Å². The third-order valence-corrected chi connectivity index (χ3v) is 3.08. The van der Waals surface area contributed by atoms with E-state index in [1.807, 2.05) is 0 Å². The van der Waals surface area contributed by atoms with Gasteiger partial charge in [0, 0.05) is 19.8 Å². The summed E-state index contributed by atoms with van der Waals surface area (Å²) in [6, 6.07) is 3.40. The molecule has 0 radical (unpaired) electrons.